The molecule has 0 saturated heterocycles. The van der Waals surface area contributed by atoms with Crippen LogP contribution in [0, 0.1) is 5.92 Å². The number of amides is 3. The first-order chi connectivity index (χ1) is 17.8. The minimum Gasteiger partial charge on any atom is -0.452 e. The van der Waals surface area contributed by atoms with Gasteiger partial charge in [0.25, 0.3) is 11.7 Å². The van der Waals surface area contributed by atoms with Gasteiger partial charge < -0.3 is 10.1 Å². The molecule has 0 radical (unpaired) electrons. The molecular weight excluding hydrogens is 503 g/mol. The first-order valence-electron chi connectivity index (χ1n) is 11.8. The summed E-state index contributed by atoms with van der Waals surface area (Å²) >= 11 is 0. The van der Waals surface area contributed by atoms with Crippen LogP contribution in [0.3, 0.4) is 0 Å². The van der Waals surface area contributed by atoms with Crippen LogP contribution in [0.1, 0.15) is 31.9 Å². The number of carbonyl (C=O) groups excluding carboxylic acids is 4. The highest BCUT2D eigenvalue weighted by Gasteiger charge is 2.61. The lowest BCUT2D eigenvalue weighted by atomic mass is 9.87. The van der Waals surface area contributed by atoms with E-state index in [0.29, 0.717) is 4.90 Å². The van der Waals surface area contributed by atoms with Crippen LogP contribution in [0.2, 0.25) is 0 Å². The Morgan fingerprint density at radius 3 is 2.03 bits per heavy atom. The van der Waals surface area contributed by atoms with Crippen LogP contribution in [0.25, 0.3) is 5.70 Å². The number of nitrogens with one attached hydrogen (secondary N) is 1. The van der Waals surface area contributed by atoms with E-state index in [0.717, 1.165) is 18.9 Å². The number of methoxy groups -OCH3 is 1. The molecule has 1 heterocycles. The maximum Gasteiger partial charge on any atom is 0.454 e. The highest BCUT2D eigenvalue weighted by Crippen LogP contribution is 2.39. The molecule has 0 saturated carbocycles. The number of alkyl halides is 3. The third-order valence-electron chi connectivity index (χ3n) is 6.06. The molecule has 0 bridgehead atoms. The van der Waals surface area contributed by atoms with Gasteiger partial charge in [0, 0.05) is 19.5 Å². The van der Waals surface area contributed by atoms with Gasteiger partial charge in [-0.25, -0.2) is 4.79 Å². The molecule has 11 heteroatoms. The molecule has 0 spiro atoms. The number of halogens is 3. The van der Waals surface area contributed by atoms with Gasteiger partial charge in [-0.15, -0.1) is 0 Å². The Morgan fingerprint density at radius 2 is 1.55 bits per heavy atom. The molecule has 1 aliphatic heterocycles. The van der Waals surface area contributed by atoms with Gasteiger partial charge in [-0.3, -0.25) is 24.2 Å². The number of hydrogen-bond acceptors (Lipinski definition) is 5. The Balaban J connectivity index is 2.43. The number of benzene rings is 2. The monoisotopic (exact) mass is 531 g/mol. The topological polar surface area (TPSA) is 96.0 Å². The molecule has 202 valence electrons. The summed E-state index contributed by atoms with van der Waals surface area (Å²) in [5.41, 5.74) is -2.61. The Labute approximate surface area is 218 Å². The van der Waals surface area contributed by atoms with Crippen LogP contribution >= 0.6 is 0 Å². The molecule has 1 aliphatic rings. The maximum atomic E-state index is 14.3. The Morgan fingerprint density at radius 1 is 1.00 bits per heavy atom. The molecule has 2 aromatic rings. The Hall–Kier alpha value is -4.15. The smallest absolute Gasteiger partial charge is 0.452 e. The van der Waals surface area contributed by atoms with Crippen LogP contribution in [0.4, 0.5) is 18.0 Å². The lowest BCUT2D eigenvalue weighted by molar-refractivity contribution is -0.187. The number of nitrogens with zero attached hydrogens (tertiary/aromatic N) is 2. The molecule has 8 nitrogen and oxygen atoms in total. The predicted octanol–water partition coefficient (Wildman–Crippen LogP) is 4.13. The second-order valence-corrected chi connectivity index (χ2v) is 9.15. The van der Waals surface area contributed by atoms with Gasteiger partial charge in [-0.1, -0.05) is 74.5 Å². The predicted molar refractivity (Wildman–Crippen MR) is 132 cm³/mol. The minimum absolute atomic E-state index is 0.194. The molecule has 2 aromatic carbocycles. The third kappa shape index (κ3) is 5.56. The molecule has 38 heavy (non-hydrogen) atoms. The first kappa shape index (κ1) is 28.4. The fourth-order valence-electron chi connectivity index (χ4n) is 4.56. The second-order valence-electron chi connectivity index (χ2n) is 9.15. The van der Waals surface area contributed by atoms with E-state index in [1.165, 1.54) is 30.5 Å². The zero-order valence-electron chi connectivity index (χ0n) is 21.3. The molecule has 1 N–H and O–H groups in total. The van der Waals surface area contributed by atoms with Crippen molar-refractivity contribution in [2.45, 2.75) is 45.1 Å². The summed E-state index contributed by atoms with van der Waals surface area (Å²) in [6, 6.07) is 14.2. The molecule has 3 amide bonds. The summed E-state index contributed by atoms with van der Waals surface area (Å²) in [4.78, 5) is 54.3. The average molecular weight is 532 g/mol. The highest BCUT2D eigenvalue weighted by atomic mass is 19.4. The number of hydrogen-bond donors (Lipinski definition) is 1. The standard InChI is InChI=1S/C27H28F3N3O5/c1-17(2)22-23(35)33(21(16-32(22)25(37)38-4)20-13-9-6-10-14-20)26(31-18(3)34,24(36)27(28,29)30)15-19-11-7-5-8-12-19/h5-14,16-17,22H,15H2,1-4H3,(H,31,34). The number of rotatable bonds is 7. The summed E-state index contributed by atoms with van der Waals surface area (Å²) in [5.74, 6) is -4.90. The fourth-order valence-corrected chi connectivity index (χ4v) is 4.56. The minimum atomic E-state index is -5.44. The average Bonchev–Trinajstić information content (AvgIpc) is 2.86. The maximum absolute atomic E-state index is 14.3. The van der Waals surface area contributed by atoms with Crippen molar-refractivity contribution in [2.24, 2.45) is 5.92 Å². The van der Waals surface area contributed by atoms with Crippen LogP contribution in [-0.2, 0) is 25.5 Å². The molecule has 0 aromatic heterocycles. The second kappa shape index (κ2) is 11.1. The van der Waals surface area contributed by atoms with Gasteiger partial charge in [0.2, 0.25) is 5.91 Å². The number of Topliss-reactive ketones (excluding diaryl/α,β-unsaturated/α-hetero) is 1. The van der Waals surface area contributed by atoms with Gasteiger partial charge >= 0.3 is 12.3 Å². The summed E-state index contributed by atoms with van der Waals surface area (Å²) < 4.78 is 47.7. The largest absolute Gasteiger partial charge is 0.454 e. The van der Waals surface area contributed by atoms with E-state index in [1.807, 2.05) is 0 Å². The van der Waals surface area contributed by atoms with Crippen molar-refractivity contribution in [1.29, 1.82) is 0 Å². The SMILES string of the molecule is COC(=O)N1C=C(c2ccccc2)N(C(Cc2ccccc2)(NC(C)=O)C(=O)C(F)(F)F)C(=O)C1C(C)C. The summed E-state index contributed by atoms with van der Waals surface area (Å²) in [5, 5.41) is 2.19. The third-order valence-corrected chi connectivity index (χ3v) is 6.06. The normalized spacial score (nSPS) is 17.5. The van der Waals surface area contributed by atoms with Crippen LogP contribution in [0.5, 0.6) is 0 Å². The van der Waals surface area contributed by atoms with Gasteiger partial charge in [0.1, 0.15) is 6.04 Å². The zero-order chi connectivity index (χ0) is 28.3. The van der Waals surface area contributed by atoms with Gasteiger partial charge in [-0.05, 0) is 17.0 Å². The summed E-state index contributed by atoms with van der Waals surface area (Å²) in [6.07, 6.45) is -5.87. The molecular formula is C27H28F3N3O5. The van der Waals surface area contributed by atoms with E-state index in [-0.39, 0.29) is 16.8 Å². The number of ketones is 1. The first-order valence-corrected chi connectivity index (χ1v) is 11.8. The van der Waals surface area contributed by atoms with Gasteiger partial charge in [-0.2, -0.15) is 13.2 Å². The number of carbonyl (C=O) groups is 4. The van der Waals surface area contributed by atoms with E-state index in [9.17, 15) is 32.3 Å². The van der Waals surface area contributed by atoms with Crippen molar-refractivity contribution in [2.75, 3.05) is 7.11 Å². The van der Waals surface area contributed by atoms with E-state index in [2.05, 4.69) is 5.32 Å². The van der Waals surface area contributed by atoms with Crippen molar-refractivity contribution in [1.82, 2.24) is 15.1 Å². The van der Waals surface area contributed by atoms with E-state index >= 15 is 0 Å². The summed E-state index contributed by atoms with van der Waals surface area (Å²) in [6.45, 7) is 4.16. The van der Waals surface area contributed by atoms with Gasteiger partial charge in [0.15, 0.2) is 5.66 Å². The van der Waals surface area contributed by atoms with E-state index in [1.54, 1.807) is 50.2 Å². The molecule has 0 fully saturated rings. The molecule has 3 rings (SSSR count). The van der Waals surface area contributed by atoms with E-state index < -0.39 is 53.9 Å². The van der Waals surface area contributed by atoms with Crippen molar-refractivity contribution in [3.05, 3.63) is 78.0 Å². The Kier molecular flexibility index (Phi) is 8.28. The highest BCUT2D eigenvalue weighted by molar-refractivity contribution is 6.05. The zero-order valence-corrected chi connectivity index (χ0v) is 21.3. The van der Waals surface area contributed by atoms with Crippen molar-refractivity contribution in [3.8, 4) is 0 Å². The lowest BCUT2D eigenvalue weighted by Crippen LogP contribution is -2.73. The van der Waals surface area contributed by atoms with E-state index in [4.69, 9.17) is 4.74 Å². The summed E-state index contributed by atoms with van der Waals surface area (Å²) in [7, 11) is 1.11. The molecule has 0 aliphatic carbocycles. The van der Waals surface area contributed by atoms with Crippen LogP contribution in [0.15, 0.2) is 66.9 Å². The Bertz CT molecular complexity index is 1230. The molecule has 2 unspecified atom stereocenters. The van der Waals surface area contributed by atoms with Crippen LogP contribution in [-0.4, -0.2) is 58.5 Å². The lowest BCUT2D eigenvalue weighted by Gasteiger charge is -2.49. The quantitative estimate of drug-likeness (QED) is 0.580. The van der Waals surface area contributed by atoms with Crippen LogP contribution < -0.4 is 5.32 Å². The van der Waals surface area contributed by atoms with Crippen molar-refractivity contribution < 1.29 is 37.1 Å². The fraction of sp³-hybridized carbons (Fsp3) is 0.333. The van der Waals surface area contributed by atoms with Crippen molar-refractivity contribution in [3.63, 3.8) is 0 Å². The van der Waals surface area contributed by atoms with Gasteiger partial charge in [0.05, 0.1) is 12.8 Å². The van der Waals surface area contributed by atoms with Crippen molar-refractivity contribution >= 4 is 29.4 Å². The molecule has 2 atom stereocenters. The number of ether oxygens (including phenoxy) is 1.